The Morgan fingerprint density at radius 2 is 1.38 bits per heavy atom. The molecule has 0 fully saturated rings. The minimum Gasteiger partial charge on any atom is -0.269 e. The third kappa shape index (κ3) is 2.18. The first-order chi connectivity index (χ1) is 10.2. The highest BCUT2D eigenvalue weighted by Crippen LogP contribution is 2.24. The predicted molar refractivity (Wildman–Crippen MR) is 77.4 cm³/mol. The number of rotatable bonds is 3. The number of benzene rings is 2. The van der Waals surface area contributed by atoms with Crippen molar-refractivity contribution in [3.8, 4) is 0 Å². The van der Waals surface area contributed by atoms with Gasteiger partial charge in [-0.05, 0) is 17.7 Å². The van der Waals surface area contributed by atoms with E-state index < -0.39 is 0 Å². The van der Waals surface area contributed by atoms with Crippen LogP contribution < -0.4 is 0 Å². The second-order valence-electron chi connectivity index (χ2n) is 4.69. The Balaban J connectivity index is 1.92. The maximum atomic E-state index is 12.3. The molecule has 0 saturated heterocycles. The molecule has 2 aromatic carbocycles. The van der Waals surface area contributed by atoms with E-state index in [9.17, 15) is 14.4 Å². The van der Waals surface area contributed by atoms with Gasteiger partial charge >= 0.3 is 0 Å². The zero-order valence-corrected chi connectivity index (χ0v) is 11.1. The summed E-state index contributed by atoms with van der Waals surface area (Å²) in [5.41, 5.74) is 1.69. The van der Waals surface area contributed by atoms with E-state index in [2.05, 4.69) is 0 Å². The van der Waals surface area contributed by atoms with Gasteiger partial charge in [-0.3, -0.25) is 14.5 Å². The molecule has 3 rings (SSSR count). The zero-order chi connectivity index (χ0) is 14.8. The van der Waals surface area contributed by atoms with Crippen molar-refractivity contribution in [1.82, 2.24) is 4.90 Å². The van der Waals surface area contributed by atoms with Crippen molar-refractivity contribution in [2.75, 3.05) is 6.54 Å². The first kappa shape index (κ1) is 13.0. The van der Waals surface area contributed by atoms with E-state index in [4.69, 9.17) is 0 Å². The van der Waals surface area contributed by atoms with Gasteiger partial charge in [0.05, 0.1) is 23.2 Å². The quantitative estimate of drug-likeness (QED) is 0.638. The van der Waals surface area contributed by atoms with Crippen molar-refractivity contribution in [3.63, 3.8) is 0 Å². The van der Waals surface area contributed by atoms with Crippen LogP contribution in [-0.2, 0) is 4.79 Å². The second kappa shape index (κ2) is 5.19. The molecule has 1 aliphatic rings. The van der Waals surface area contributed by atoms with Crippen LogP contribution in [0, 0.1) is 0 Å². The molecule has 102 valence electrons. The lowest BCUT2D eigenvalue weighted by Crippen LogP contribution is -2.31. The van der Waals surface area contributed by atoms with Gasteiger partial charge < -0.3 is 0 Å². The van der Waals surface area contributed by atoms with Gasteiger partial charge in [-0.1, -0.05) is 42.5 Å². The monoisotopic (exact) mass is 277 g/mol. The highest BCUT2D eigenvalue weighted by Gasteiger charge is 2.35. The predicted octanol–water partition coefficient (Wildman–Crippen LogP) is 2.20. The van der Waals surface area contributed by atoms with Crippen LogP contribution in [0.2, 0.25) is 0 Å². The van der Waals surface area contributed by atoms with Crippen LogP contribution in [0.3, 0.4) is 0 Å². The van der Waals surface area contributed by atoms with E-state index in [1.165, 1.54) is 0 Å². The first-order valence-electron chi connectivity index (χ1n) is 6.47. The standard InChI is InChI=1S/C17H11NO3/c19-11-13(12-6-2-1-3-7-12)10-18-16(20)14-8-4-5-9-15(14)17(18)21/h1-9H,10H2. The molecule has 4 nitrogen and oxygen atoms in total. The van der Waals surface area contributed by atoms with Gasteiger partial charge in [0.25, 0.3) is 11.8 Å². The zero-order valence-electron chi connectivity index (χ0n) is 11.1. The molecular formula is C17H11NO3. The summed E-state index contributed by atoms with van der Waals surface area (Å²) >= 11 is 0. The molecule has 21 heavy (non-hydrogen) atoms. The number of imide groups is 1. The van der Waals surface area contributed by atoms with Gasteiger partial charge in [0.15, 0.2) is 0 Å². The molecule has 0 saturated carbocycles. The average molecular weight is 277 g/mol. The molecule has 1 aliphatic heterocycles. The summed E-state index contributed by atoms with van der Waals surface area (Å²) in [5.74, 6) is 1.08. The van der Waals surface area contributed by atoms with Gasteiger partial charge in [-0.15, -0.1) is 0 Å². The molecule has 4 heteroatoms. The number of fused-ring (bicyclic) bond motifs is 1. The highest BCUT2D eigenvalue weighted by molar-refractivity contribution is 6.22. The van der Waals surface area contributed by atoms with Crippen LogP contribution in [0.25, 0.3) is 5.57 Å². The average Bonchev–Trinajstić information content (AvgIpc) is 2.78. The number of carbonyl (C=O) groups excluding carboxylic acids is 3. The molecule has 0 radical (unpaired) electrons. The van der Waals surface area contributed by atoms with E-state index in [0.29, 0.717) is 16.7 Å². The number of carbonyl (C=O) groups is 2. The van der Waals surface area contributed by atoms with Gasteiger partial charge in [0.1, 0.15) is 5.94 Å². The molecule has 0 aromatic heterocycles. The van der Waals surface area contributed by atoms with E-state index in [1.807, 2.05) is 12.0 Å². The highest BCUT2D eigenvalue weighted by atomic mass is 16.2. The summed E-state index contributed by atoms with van der Waals surface area (Å²) in [6, 6.07) is 15.5. The fourth-order valence-corrected chi connectivity index (χ4v) is 2.36. The Kier molecular flexibility index (Phi) is 3.22. The van der Waals surface area contributed by atoms with Crippen LogP contribution in [0.15, 0.2) is 54.6 Å². The first-order valence-corrected chi connectivity index (χ1v) is 6.47. The van der Waals surface area contributed by atoms with Gasteiger partial charge in [-0.25, -0.2) is 4.79 Å². The molecule has 0 N–H and O–H groups in total. The van der Waals surface area contributed by atoms with Crippen LogP contribution in [-0.4, -0.2) is 29.2 Å². The third-order valence-electron chi connectivity index (χ3n) is 3.44. The summed E-state index contributed by atoms with van der Waals surface area (Å²) in [7, 11) is 0. The molecule has 0 unspecified atom stereocenters. The van der Waals surface area contributed by atoms with Crippen LogP contribution >= 0.6 is 0 Å². The van der Waals surface area contributed by atoms with Crippen molar-refractivity contribution >= 4 is 23.3 Å². The fourth-order valence-electron chi connectivity index (χ4n) is 2.36. The number of hydrogen-bond donors (Lipinski definition) is 0. The summed E-state index contributed by atoms with van der Waals surface area (Å²) < 4.78 is 0. The largest absolute Gasteiger partial charge is 0.269 e. The van der Waals surface area contributed by atoms with Crippen molar-refractivity contribution < 1.29 is 14.4 Å². The maximum absolute atomic E-state index is 12.3. The van der Waals surface area contributed by atoms with Crippen molar-refractivity contribution in [3.05, 3.63) is 71.3 Å². The van der Waals surface area contributed by atoms with Crippen LogP contribution in [0.5, 0.6) is 0 Å². The Hall–Kier alpha value is -2.97. The van der Waals surface area contributed by atoms with Crippen molar-refractivity contribution in [1.29, 1.82) is 0 Å². The molecule has 2 aromatic rings. The van der Waals surface area contributed by atoms with E-state index in [0.717, 1.165) is 4.90 Å². The smallest absolute Gasteiger partial charge is 0.261 e. The van der Waals surface area contributed by atoms with Crippen molar-refractivity contribution in [2.45, 2.75) is 0 Å². The van der Waals surface area contributed by atoms with E-state index in [-0.39, 0.29) is 23.9 Å². The Morgan fingerprint density at radius 1 is 0.857 bits per heavy atom. The third-order valence-corrected chi connectivity index (χ3v) is 3.44. The van der Waals surface area contributed by atoms with Crippen LogP contribution in [0.1, 0.15) is 26.3 Å². The Morgan fingerprint density at radius 3 is 1.90 bits per heavy atom. The molecule has 0 atom stereocenters. The lowest BCUT2D eigenvalue weighted by atomic mass is 10.1. The Labute approximate surface area is 121 Å². The normalized spacial score (nSPS) is 13.0. The maximum Gasteiger partial charge on any atom is 0.261 e. The minimum atomic E-state index is -0.376. The lowest BCUT2D eigenvalue weighted by molar-refractivity contribution is 0.0675. The summed E-state index contributed by atoms with van der Waals surface area (Å²) in [5, 5.41) is 0. The van der Waals surface area contributed by atoms with E-state index >= 15 is 0 Å². The fraction of sp³-hybridized carbons (Fsp3) is 0.0588. The topological polar surface area (TPSA) is 54.5 Å². The molecule has 2 amide bonds. The second-order valence-corrected chi connectivity index (χ2v) is 4.69. The summed E-state index contributed by atoms with van der Waals surface area (Å²) in [4.78, 5) is 36.8. The number of nitrogens with zero attached hydrogens (tertiary/aromatic N) is 1. The van der Waals surface area contributed by atoms with E-state index in [1.54, 1.807) is 48.5 Å². The molecule has 0 spiro atoms. The minimum absolute atomic E-state index is 0.0696. The van der Waals surface area contributed by atoms with Gasteiger partial charge in [0.2, 0.25) is 0 Å². The molecular weight excluding hydrogens is 266 g/mol. The number of hydrogen-bond acceptors (Lipinski definition) is 3. The summed E-state index contributed by atoms with van der Waals surface area (Å²) in [6.07, 6.45) is 0. The summed E-state index contributed by atoms with van der Waals surface area (Å²) in [6.45, 7) is -0.0696. The number of amides is 2. The SMILES string of the molecule is O=C=C(CN1C(=O)c2ccccc2C1=O)c1ccccc1. The van der Waals surface area contributed by atoms with Gasteiger partial charge in [0, 0.05) is 0 Å². The molecule has 0 aliphatic carbocycles. The lowest BCUT2D eigenvalue weighted by Gasteiger charge is -2.14. The Bertz CT molecular complexity index is 739. The van der Waals surface area contributed by atoms with Crippen LogP contribution in [0.4, 0.5) is 0 Å². The molecule has 1 heterocycles. The van der Waals surface area contributed by atoms with Gasteiger partial charge in [-0.2, -0.15) is 0 Å². The van der Waals surface area contributed by atoms with Crippen molar-refractivity contribution in [2.24, 2.45) is 0 Å². The molecule has 0 bridgehead atoms.